The van der Waals surface area contributed by atoms with Crippen LogP contribution in [0.25, 0.3) is 0 Å². The van der Waals surface area contributed by atoms with Crippen molar-refractivity contribution in [2.24, 2.45) is 7.05 Å². The Bertz CT molecular complexity index is 362. The van der Waals surface area contributed by atoms with Gasteiger partial charge in [-0.1, -0.05) is 5.57 Å². The Labute approximate surface area is 91.0 Å². The summed E-state index contributed by atoms with van der Waals surface area (Å²) in [4.78, 5) is 11.6. The molecule has 0 amide bonds. The van der Waals surface area contributed by atoms with Crippen molar-refractivity contribution in [1.29, 1.82) is 0 Å². The topological polar surface area (TPSA) is 34.9 Å². The molecule has 4 heteroatoms. The monoisotopic (exact) mass is 290 g/mol. The number of nitrogens with zero attached hydrogens (tertiary/aromatic N) is 2. The molecule has 1 heterocycles. The number of allylic oxidation sites excluding steroid dienone is 2. The van der Waals surface area contributed by atoms with Crippen LogP contribution >= 0.6 is 22.6 Å². The Morgan fingerprint density at radius 1 is 1.62 bits per heavy atom. The summed E-state index contributed by atoms with van der Waals surface area (Å²) in [6, 6.07) is 0. The molecule has 0 saturated heterocycles. The molecule has 0 aliphatic heterocycles. The van der Waals surface area contributed by atoms with Gasteiger partial charge in [0.2, 0.25) is 0 Å². The standard InChI is InChI=1S/C9H11IN2O/c1-6(2)4-8(13)7-5-11-12(3)9(7)10/h4-5H,1-3H3. The van der Waals surface area contributed by atoms with Gasteiger partial charge < -0.3 is 0 Å². The van der Waals surface area contributed by atoms with Crippen molar-refractivity contribution in [3.8, 4) is 0 Å². The van der Waals surface area contributed by atoms with Crippen LogP contribution in [-0.2, 0) is 7.05 Å². The summed E-state index contributed by atoms with van der Waals surface area (Å²) in [5.74, 6) is 0.0255. The van der Waals surface area contributed by atoms with Gasteiger partial charge in [0.25, 0.3) is 0 Å². The van der Waals surface area contributed by atoms with Crippen molar-refractivity contribution in [1.82, 2.24) is 9.78 Å². The van der Waals surface area contributed by atoms with Gasteiger partial charge in [-0.2, -0.15) is 5.10 Å². The lowest BCUT2D eigenvalue weighted by molar-refractivity contribution is 0.104. The number of hydrogen-bond donors (Lipinski definition) is 0. The molecule has 1 rings (SSSR count). The minimum absolute atomic E-state index is 0.0255. The summed E-state index contributed by atoms with van der Waals surface area (Å²) < 4.78 is 2.56. The summed E-state index contributed by atoms with van der Waals surface area (Å²) >= 11 is 2.11. The Kier molecular flexibility index (Phi) is 3.24. The van der Waals surface area contributed by atoms with E-state index >= 15 is 0 Å². The highest BCUT2D eigenvalue weighted by Crippen LogP contribution is 2.12. The van der Waals surface area contributed by atoms with Crippen LogP contribution in [0.15, 0.2) is 17.8 Å². The van der Waals surface area contributed by atoms with E-state index in [-0.39, 0.29) is 5.78 Å². The second kappa shape index (κ2) is 4.04. The molecule has 1 aromatic rings. The fourth-order valence-electron chi connectivity index (χ4n) is 0.928. The van der Waals surface area contributed by atoms with Gasteiger partial charge in [0.05, 0.1) is 11.8 Å². The first-order valence-corrected chi connectivity index (χ1v) is 4.97. The highest BCUT2D eigenvalue weighted by Gasteiger charge is 2.10. The fourth-order valence-corrected chi connectivity index (χ4v) is 1.46. The van der Waals surface area contributed by atoms with Gasteiger partial charge in [0, 0.05) is 7.05 Å². The quantitative estimate of drug-likeness (QED) is 0.475. The molecule has 0 N–H and O–H groups in total. The molecular formula is C9H11IN2O. The van der Waals surface area contributed by atoms with Crippen molar-refractivity contribution in [2.45, 2.75) is 13.8 Å². The van der Waals surface area contributed by atoms with Crippen LogP contribution < -0.4 is 0 Å². The first kappa shape index (κ1) is 10.4. The molecule has 0 aliphatic carbocycles. The highest BCUT2D eigenvalue weighted by atomic mass is 127. The maximum atomic E-state index is 11.6. The van der Waals surface area contributed by atoms with Crippen LogP contribution in [0.4, 0.5) is 0 Å². The third-order valence-corrected chi connectivity index (χ3v) is 2.83. The molecular weight excluding hydrogens is 279 g/mol. The number of rotatable bonds is 2. The van der Waals surface area contributed by atoms with Gasteiger partial charge in [-0.15, -0.1) is 0 Å². The van der Waals surface area contributed by atoms with E-state index in [9.17, 15) is 4.79 Å². The number of halogens is 1. The lowest BCUT2D eigenvalue weighted by atomic mass is 10.2. The predicted octanol–water partition coefficient (Wildman–Crippen LogP) is 2.17. The predicted molar refractivity (Wildman–Crippen MR) is 59.7 cm³/mol. The molecule has 0 aliphatic rings. The van der Waals surface area contributed by atoms with Crippen molar-refractivity contribution >= 4 is 28.4 Å². The highest BCUT2D eigenvalue weighted by molar-refractivity contribution is 14.1. The van der Waals surface area contributed by atoms with Gasteiger partial charge in [0.15, 0.2) is 5.78 Å². The van der Waals surface area contributed by atoms with E-state index in [2.05, 4.69) is 27.7 Å². The zero-order valence-electron chi connectivity index (χ0n) is 7.84. The van der Waals surface area contributed by atoms with Crippen LogP contribution in [-0.4, -0.2) is 15.6 Å². The molecule has 0 aromatic carbocycles. The van der Waals surface area contributed by atoms with E-state index in [1.54, 1.807) is 17.0 Å². The molecule has 0 unspecified atom stereocenters. The van der Waals surface area contributed by atoms with Crippen molar-refractivity contribution < 1.29 is 4.79 Å². The normalized spacial score (nSPS) is 9.85. The van der Waals surface area contributed by atoms with E-state index in [0.29, 0.717) is 5.56 Å². The Morgan fingerprint density at radius 3 is 2.62 bits per heavy atom. The molecule has 1 aromatic heterocycles. The molecule has 0 bridgehead atoms. The van der Waals surface area contributed by atoms with E-state index in [1.165, 1.54) is 0 Å². The minimum Gasteiger partial charge on any atom is -0.289 e. The Morgan fingerprint density at radius 2 is 2.23 bits per heavy atom. The van der Waals surface area contributed by atoms with Crippen LogP contribution in [0.3, 0.4) is 0 Å². The van der Waals surface area contributed by atoms with Crippen LogP contribution in [0.1, 0.15) is 24.2 Å². The molecule has 13 heavy (non-hydrogen) atoms. The van der Waals surface area contributed by atoms with E-state index in [4.69, 9.17) is 0 Å². The number of ketones is 1. The average molecular weight is 290 g/mol. The summed E-state index contributed by atoms with van der Waals surface area (Å²) in [6.07, 6.45) is 3.22. The first-order valence-electron chi connectivity index (χ1n) is 3.89. The van der Waals surface area contributed by atoms with E-state index < -0.39 is 0 Å². The number of aromatic nitrogens is 2. The Hall–Kier alpha value is -0.650. The van der Waals surface area contributed by atoms with Gasteiger partial charge in [-0.3, -0.25) is 9.48 Å². The number of hydrogen-bond acceptors (Lipinski definition) is 2. The summed E-state index contributed by atoms with van der Waals surface area (Å²) in [7, 11) is 1.82. The maximum Gasteiger partial charge on any atom is 0.190 e. The second-order valence-corrected chi connectivity index (χ2v) is 4.08. The smallest absolute Gasteiger partial charge is 0.190 e. The number of aryl methyl sites for hydroxylation is 1. The minimum atomic E-state index is 0.0255. The molecule has 0 saturated carbocycles. The van der Waals surface area contributed by atoms with Crippen molar-refractivity contribution in [3.05, 3.63) is 27.1 Å². The van der Waals surface area contributed by atoms with Crippen LogP contribution in [0, 0.1) is 3.70 Å². The van der Waals surface area contributed by atoms with E-state index in [0.717, 1.165) is 9.27 Å². The largest absolute Gasteiger partial charge is 0.289 e. The van der Waals surface area contributed by atoms with Crippen LogP contribution in [0.5, 0.6) is 0 Å². The summed E-state index contributed by atoms with van der Waals surface area (Å²) in [5.41, 5.74) is 1.67. The molecule has 3 nitrogen and oxygen atoms in total. The molecule has 0 radical (unpaired) electrons. The molecule has 0 atom stereocenters. The lowest BCUT2D eigenvalue weighted by Gasteiger charge is -1.94. The number of carbonyl (C=O) groups excluding carboxylic acids is 1. The zero-order valence-corrected chi connectivity index (χ0v) is 9.99. The number of carbonyl (C=O) groups is 1. The lowest BCUT2D eigenvalue weighted by Crippen LogP contribution is -1.99. The second-order valence-electron chi connectivity index (χ2n) is 3.06. The Balaban J connectivity index is 3.03. The maximum absolute atomic E-state index is 11.6. The zero-order chi connectivity index (χ0) is 10.0. The van der Waals surface area contributed by atoms with E-state index in [1.807, 2.05) is 20.9 Å². The van der Waals surface area contributed by atoms with Crippen molar-refractivity contribution in [3.63, 3.8) is 0 Å². The summed E-state index contributed by atoms with van der Waals surface area (Å²) in [6.45, 7) is 3.81. The molecule has 0 spiro atoms. The average Bonchev–Trinajstić information content (AvgIpc) is 2.31. The fraction of sp³-hybridized carbons (Fsp3) is 0.333. The van der Waals surface area contributed by atoms with Gasteiger partial charge in [0.1, 0.15) is 3.70 Å². The molecule has 70 valence electrons. The summed E-state index contributed by atoms with van der Waals surface area (Å²) in [5, 5.41) is 4.00. The third-order valence-electron chi connectivity index (χ3n) is 1.55. The molecule has 0 fully saturated rings. The van der Waals surface area contributed by atoms with Gasteiger partial charge in [-0.25, -0.2) is 0 Å². The third kappa shape index (κ3) is 2.40. The van der Waals surface area contributed by atoms with Gasteiger partial charge in [-0.05, 0) is 42.5 Å². The SMILES string of the molecule is CC(C)=CC(=O)c1cnn(C)c1I. The van der Waals surface area contributed by atoms with Crippen LogP contribution in [0.2, 0.25) is 0 Å². The van der Waals surface area contributed by atoms with Crippen molar-refractivity contribution in [2.75, 3.05) is 0 Å². The van der Waals surface area contributed by atoms with Gasteiger partial charge >= 0.3 is 0 Å². The first-order chi connectivity index (χ1) is 6.02.